The van der Waals surface area contributed by atoms with Gasteiger partial charge in [0.25, 0.3) is 0 Å². The molecule has 0 saturated heterocycles. The van der Waals surface area contributed by atoms with Gasteiger partial charge in [0.1, 0.15) is 36.1 Å². The molecule has 29 heavy (non-hydrogen) atoms. The van der Waals surface area contributed by atoms with E-state index in [9.17, 15) is 0 Å². The van der Waals surface area contributed by atoms with Gasteiger partial charge in [0.05, 0.1) is 14.2 Å². The smallest absolute Gasteiger partial charge is 0.164 e. The average Bonchev–Trinajstić information content (AvgIpc) is 3.17. The lowest BCUT2D eigenvalue weighted by molar-refractivity contribution is 0.0625. The van der Waals surface area contributed by atoms with Gasteiger partial charge in [0, 0.05) is 29.5 Å². The molecule has 3 heterocycles. The van der Waals surface area contributed by atoms with E-state index in [0.717, 1.165) is 40.4 Å². The van der Waals surface area contributed by atoms with E-state index in [2.05, 4.69) is 25.6 Å². The normalized spacial score (nSPS) is 25.9. The Labute approximate surface area is 171 Å². The minimum atomic E-state index is -0.0570. The second kappa shape index (κ2) is 6.61. The summed E-state index contributed by atoms with van der Waals surface area (Å²) < 4.78 is 29.7. The SMILES string of the molecule is C=C(C)C1Cc2c(ccc3c2OC2COc4cc(OC)c(OC)cc4C2C3C)O1. The number of hydrogen-bond donors (Lipinski definition) is 0. The first-order chi connectivity index (χ1) is 14.0. The van der Waals surface area contributed by atoms with E-state index in [0.29, 0.717) is 18.1 Å². The molecule has 5 rings (SSSR count). The van der Waals surface area contributed by atoms with Crippen molar-refractivity contribution in [3.63, 3.8) is 0 Å². The standard InChI is InChI=1S/C24H26O5/c1-12(2)18-9-16-17(28-18)7-6-14-13(3)23-15-8-20(25-4)21(26-5)10-19(15)27-11-22(23)29-24(14)16/h6-8,10,13,18,22-23H,1,9,11H2,2-5H3. The summed E-state index contributed by atoms with van der Waals surface area (Å²) in [6.07, 6.45) is 0.770. The third-order valence-electron chi connectivity index (χ3n) is 6.43. The molecule has 0 aliphatic carbocycles. The van der Waals surface area contributed by atoms with Crippen molar-refractivity contribution in [2.75, 3.05) is 20.8 Å². The van der Waals surface area contributed by atoms with Crippen LogP contribution in [0.4, 0.5) is 0 Å². The molecule has 3 aliphatic rings. The van der Waals surface area contributed by atoms with Crippen LogP contribution in [0.3, 0.4) is 0 Å². The molecule has 2 aromatic carbocycles. The maximum Gasteiger partial charge on any atom is 0.164 e. The number of methoxy groups -OCH3 is 2. The van der Waals surface area contributed by atoms with Crippen molar-refractivity contribution < 1.29 is 23.7 Å². The molecule has 2 aromatic rings. The zero-order chi connectivity index (χ0) is 20.3. The average molecular weight is 394 g/mol. The maximum absolute atomic E-state index is 6.56. The van der Waals surface area contributed by atoms with Crippen LogP contribution >= 0.6 is 0 Å². The zero-order valence-electron chi connectivity index (χ0n) is 17.3. The number of rotatable bonds is 3. The van der Waals surface area contributed by atoms with Gasteiger partial charge >= 0.3 is 0 Å². The van der Waals surface area contributed by atoms with Gasteiger partial charge in [-0.15, -0.1) is 0 Å². The first-order valence-electron chi connectivity index (χ1n) is 10.0. The van der Waals surface area contributed by atoms with Gasteiger partial charge in [0.15, 0.2) is 11.5 Å². The van der Waals surface area contributed by atoms with Crippen LogP contribution in [0.2, 0.25) is 0 Å². The summed E-state index contributed by atoms with van der Waals surface area (Å²) in [5, 5.41) is 0. The molecule has 4 atom stereocenters. The second-order valence-electron chi connectivity index (χ2n) is 8.14. The Hall–Kier alpha value is -2.82. The van der Waals surface area contributed by atoms with Crippen LogP contribution in [-0.4, -0.2) is 33.0 Å². The third-order valence-corrected chi connectivity index (χ3v) is 6.43. The first kappa shape index (κ1) is 18.2. The predicted octanol–water partition coefficient (Wildman–Crippen LogP) is 4.62. The molecule has 0 N–H and O–H groups in total. The van der Waals surface area contributed by atoms with Gasteiger partial charge in [-0.3, -0.25) is 0 Å². The number of benzene rings is 2. The highest BCUT2D eigenvalue weighted by molar-refractivity contribution is 5.59. The first-order valence-corrected chi connectivity index (χ1v) is 10.0. The Balaban J connectivity index is 1.57. The highest BCUT2D eigenvalue weighted by atomic mass is 16.5. The molecule has 5 nitrogen and oxygen atoms in total. The van der Waals surface area contributed by atoms with Crippen molar-refractivity contribution in [3.05, 3.63) is 53.1 Å². The van der Waals surface area contributed by atoms with Crippen LogP contribution in [0.25, 0.3) is 0 Å². The Kier molecular flexibility index (Phi) is 4.16. The van der Waals surface area contributed by atoms with Crippen LogP contribution in [0, 0.1) is 0 Å². The zero-order valence-corrected chi connectivity index (χ0v) is 17.3. The fourth-order valence-corrected chi connectivity index (χ4v) is 4.87. The monoisotopic (exact) mass is 394 g/mol. The van der Waals surface area contributed by atoms with E-state index < -0.39 is 0 Å². The summed E-state index contributed by atoms with van der Waals surface area (Å²) in [5.41, 5.74) is 4.51. The van der Waals surface area contributed by atoms with E-state index in [-0.39, 0.29) is 24.0 Å². The summed E-state index contributed by atoms with van der Waals surface area (Å²) in [6.45, 7) is 8.84. The maximum atomic E-state index is 6.56. The van der Waals surface area contributed by atoms with Crippen molar-refractivity contribution in [2.24, 2.45) is 0 Å². The van der Waals surface area contributed by atoms with Crippen LogP contribution in [0.5, 0.6) is 28.7 Å². The lowest BCUT2D eigenvalue weighted by Crippen LogP contribution is -2.41. The lowest BCUT2D eigenvalue weighted by atomic mass is 9.75. The molecule has 0 aromatic heterocycles. The van der Waals surface area contributed by atoms with E-state index in [1.165, 1.54) is 5.56 Å². The minimum absolute atomic E-state index is 0.0215. The van der Waals surface area contributed by atoms with E-state index in [1.54, 1.807) is 14.2 Å². The summed E-state index contributed by atoms with van der Waals surface area (Å²) in [4.78, 5) is 0. The van der Waals surface area contributed by atoms with Gasteiger partial charge in [-0.2, -0.15) is 0 Å². The molecular formula is C24H26O5. The van der Waals surface area contributed by atoms with Gasteiger partial charge in [-0.1, -0.05) is 19.6 Å². The molecular weight excluding hydrogens is 368 g/mol. The fourth-order valence-electron chi connectivity index (χ4n) is 4.87. The molecule has 0 saturated carbocycles. The predicted molar refractivity (Wildman–Crippen MR) is 110 cm³/mol. The molecule has 4 unspecified atom stereocenters. The molecule has 152 valence electrons. The molecule has 0 radical (unpaired) electrons. The Morgan fingerprint density at radius 1 is 1.03 bits per heavy atom. The molecule has 0 spiro atoms. The summed E-state index contributed by atoms with van der Waals surface area (Å²) in [7, 11) is 3.29. The topological polar surface area (TPSA) is 46.2 Å². The molecule has 0 amide bonds. The van der Waals surface area contributed by atoms with Crippen LogP contribution in [0.1, 0.15) is 42.4 Å². The third kappa shape index (κ3) is 2.67. The van der Waals surface area contributed by atoms with Crippen LogP contribution in [0.15, 0.2) is 36.4 Å². The molecule has 0 fully saturated rings. The Morgan fingerprint density at radius 2 is 1.79 bits per heavy atom. The Morgan fingerprint density at radius 3 is 2.52 bits per heavy atom. The largest absolute Gasteiger partial charge is 0.493 e. The summed E-state index contributed by atoms with van der Waals surface area (Å²) >= 11 is 0. The minimum Gasteiger partial charge on any atom is -0.493 e. The van der Waals surface area contributed by atoms with E-state index >= 15 is 0 Å². The van der Waals surface area contributed by atoms with Gasteiger partial charge in [0.2, 0.25) is 0 Å². The molecule has 0 bridgehead atoms. The quantitative estimate of drug-likeness (QED) is 0.711. The van der Waals surface area contributed by atoms with Gasteiger partial charge in [-0.25, -0.2) is 0 Å². The van der Waals surface area contributed by atoms with Gasteiger partial charge in [-0.05, 0) is 36.1 Å². The lowest BCUT2D eigenvalue weighted by Gasteiger charge is -2.42. The highest BCUT2D eigenvalue weighted by Gasteiger charge is 2.44. The fraction of sp³-hybridized carbons (Fsp3) is 0.417. The van der Waals surface area contributed by atoms with Crippen molar-refractivity contribution >= 4 is 0 Å². The van der Waals surface area contributed by atoms with E-state index in [4.69, 9.17) is 23.7 Å². The molecule has 3 aliphatic heterocycles. The Bertz CT molecular complexity index is 995. The van der Waals surface area contributed by atoms with Crippen molar-refractivity contribution in [3.8, 4) is 28.7 Å². The van der Waals surface area contributed by atoms with Crippen LogP contribution in [-0.2, 0) is 6.42 Å². The van der Waals surface area contributed by atoms with Gasteiger partial charge < -0.3 is 23.7 Å². The van der Waals surface area contributed by atoms with E-state index in [1.807, 2.05) is 19.1 Å². The van der Waals surface area contributed by atoms with Crippen molar-refractivity contribution in [1.82, 2.24) is 0 Å². The summed E-state index contributed by atoms with van der Waals surface area (Å²) in [6, 6.07) is 8.17. The number of hydrogen-bond acceptors (Lipinski definition) is 5. The van der Waals surface area contributed by atoms with Crippen molar-refractivity contribution in [2.45, 2.75) is 44.3 Å². The molecule has 5 heteroatoms. The highest BCUT2D eigenvalue weighted by Crippen LogP contribution is 2.54. The van der Waals surface area contributed by atoms with Crippen molar-refractivity contribution in [1.29, 1.82) is 0 Å². The summed E-state index contributed by atoms with van der Waals surface area (Å²) in [5.74, 6) is 4.56. The number of ether oxygens (including phenoxy) is 5. The van der Waals surface area contributed by atoms with Crippen LogP contribution < -0.4 is 23.7 Å². The number of fused-ring (bicyclic) bond motifs is 6. The second-order valence-corrected chi connectivity index (χ2v) is 8.14.